The summed E-state index contributed by atoms with van der Waals surface area (Å²) < 4.78 is 0. The van der Waals surface area contributed by atoms with Gasteiger partial charge in [-0.05, 0) is 11.5 Å². The zero-order valence-electron chi connectivity index (χ0n) is 8.55. The van der Waals surface area contributed by atoms with Crippen molar-refractivity contribution < 1.29 is 0 Å². The number of allylic oxidation sites excluding steroid dienone is 6. The van der Waals surface area contributed by atoms with E-state index in [0.29, 0.717) is 11.8 Å². The second-order valence-corrected chi connectivity index (χ2v) is 4.36. The fourth-order valence-corrected chi connectivity index (χ4v) is 1.43. The Hall–Kier alpha value is -0.490. The molecule has 1 aliphatic rings. The first-order chi connectivity index (χ1) is 6.08. The molecule has 0 aliphatic heterocycles. The highest BCUT2D eigenvalue weighted by Crippen LogP contribution is 2.32. The molecule has 1 atom stereocenters. The molecule has 0 N–H and O–H groups in total. The highest BCUT2D eigenvalue weighted by molar-refractivity contribution is 6.19. The van der Waals surface area contributed by atoms with Crippen LogP contribution in [0.2, 0.25) is 0 Å². The minimum absolute atomic E-state index is 0.171. The van der Waals surface area contributed by atoms with E-state index < -0.39 is 0 Å². The molecule has 0 radical (unpaired) electrons. The summed E-state index contributed by atoms with van der Waals surface area (Å²) in [7, 11) is 0. The molecular formula is C12H17Cl. The van der Waals surface area contributed by atoms with Gasteiger partial charge in [-0.25, -0.2) is 0 Å². The molecule has 13 heavy (non-hydrogen) atoms. The zero-order chi connectivity index (χ0) is 9.90. The van der Waals surface area contributed by atoms with E-state index in [-0.39, 0.29) is 5.41 Å². The lowest BCUT2D eigenvalue weighted by Gasteiger charge is -2.26. The topological polar surface area (TPSA) is 0 Å². The second-order valence-electron chi connectivity index (χ2n) is 4.09. The van der Waals surface area contributed by atoms with Crippen LogP contribution < -0.4 is 0 Å². The van der Waals surface area contributed by atoms with Crippen molar-refractivity contribution in [2.75, 3.05) is 5.88 Å². The highest BCUT2D eigenvalue weighted by atomic mass is 35.5. The third-order valence-electron chi connectivity index (χ3n) is 2.82. The first kappa shape index (κ1) is 10.6. The van der Waals surface area contributed by atoms with E-state index in [4.69, 9.17) is 11.6 Å². The monoisotopic (exact) mass is 196 g/mol. The molecule has 1 unspecified atom stereocenters. The Morgan fingerprint density at radius 1 is 1.38 bits per heavy atom. The molecule has 0 saturated heterocycles. The average molecular weight is 197 g/mol. The summed E-state index contributed by atoms with van der Waals surface area (Å²) in [6.45, 7) is 6.72. The first-order valence-electron chi connectivity index (χ1n) is 4.72. The molecule has 0 aromatic rings. The SMILES string of the molecule is CC(C)C1(C)C=CC=C(CCl)C=C1. The van der Waals surface area contributed by atoms with Crippen molar-refractivity contribution in [2.45, 2.75) is 20.8 Å². The van der Waals surface area contributed by atoms with Crippen LogP contribution >= 0.6 is 11.6 Å². The Labute approximate surface area is 86.0 Å². The summed E-state index contributed by atoms with van der Waals surface area (Å²) in [6, 6.07) is 0. The van der Waals surface area contributed by atoms with Crippen molar-refractivity contribution in [1.82, 2.24) is 0 Å². The van der Waals surface area contributed by atoms with Gasteiger partial charge < -0.3 is 0 Å². The fraction of sp³-hybridized carbons (Fsp3) is 0.500. The van der Waals surface area contributed by atoms with E-state index in [1.54, 1.807) is 0 Å². The Kier molecular flexibility index (Phi) is 3.38. The summed E-state index contributed by atoms with van der Waals surface area (Å²) in [5.74, 6) is 1.21. The van der Waals surface area contributed by atoms with Crippen molar-refractivity contribution in [1.29, 1.82) is 0 Å². The number of hydrogen-bond donors (Lipinski definition) is 0. The van der Waals surface area contributed by atoms with Gasteiger partial charge in [-0.2, -0.15) is 0 Å². The largest absolute Gasteiger partial charge is 0.122 e. The van der Waals surface area contributed by atoms with Crippen LogP contribution in [0.15, 0.2) is 36.0 Å². The van der Waals surface area contributed by atoms with Gasteiger partial charge in [0.15, 0.2) is 0 Å². The third kappa shape index (κ3) is 2.47. The third-order valence-corrected chi connectivity index (χ3v) is 3.13. The van der Waals surface area contributed by atoms with Crippen molar-refractivity contribution >= 4 is 11.6 Å². The van der Waals surface area contributed by atoms with E-state index in [0.717, 1.165) is 0 Å². The second kappa shape index (κ2) is 4.15. The van der Waals surface area contributed by atoms with Crippen molar-refractivity contribution in [2.24, 2.45) is 11.3 Å². The van der Waals surface area contributed by atoms with Crippen LogP contribution in [0, 0.1) is 11.3 Å². The minimum atomic E-state index is 0.171. The molecule has 0 saturated carbocycles. The Bertz CT molecular complexity index is 258. The molecule has 0 amide bonds. The van der Waals surface area contributed by atoms with E-state index in [1.165, 1.54) is 5.57 Å². The maximum absolute atomic E-state index is 5.77. The number of alkyl halides is 1. The Balaban J connectivity index is 2.89. The predicted molar refractivity (Wildman–Crippen MR) is 60.0 cm³/mol. The van der Waals surface area contributed by atoms with Gasteiger partial charge in [0.2, 0.25) is 0 Å². The highest BCUT2D eigenvalue weighted by Gasteiger charge is 2.22. The fourth-order valence-electron chi connectivity index (χ4n) is 1.25. The van der Waals surface area contributed by atoms with Crippen LogP contribution in [0.4, 0.5) is 0 Å². The normalized spacial score (nSPS) is 27.6. The molecular weight excluding hydrogens is 180 g/mol. The standard InChI is InChI=1S/C12H17Cl/c1-10(2)12(3)7-4-5-11(9-13)6-8-12/h4-8,10H,9H2,1-3H3. The van der Waals surface area contributed by atoms with Crippen LogP contribution in [0.5, 0.6) is 0 Å². The van der Waals surface area contributed by atoms with Crippen LogP contribution in [0.1, 0.15) is 20.8 Å². The van der Waals surface area contributed by atoms with Crippen molar-refractivity contribution in [3.05, 3.63) is 36.0 Å². The van der Waals surface area contributed by atoms with Gasteiger partial charge in [0.25, 0.3) is 0 Å². The van der Waals surface area contributed by atoms with Gasteiger partial charge in [-0.15, -0.1) is 11.6 Å². The molecule has 0 aromatic heterocycles. The molecule has 0 bridgehead atoms. The van der Waals surface area contributed by atoms with E-state index in [2.05, 4.69) is 51.2 Å². The lowest BCUT2D eigenvalue weighted by Crippen LogP contribution is -2.17. The smallest absolute Gasteiger partial charge is 0.0473 e. The lowest BCUT2D eigenvalue weighted by molar-refractivity contribution is 0.383. The van der Waals surface area contributed by atoms with Crippen LogP contribution in [0.25, 0.3) is 0 Å². The Morgan fingerprint density at radius 2 is 2.08 bits per heavy atom. The summed E-state index contributed by atoms with van der Waals surface area (Å²) in [5, 5.41) is 0. The Morgan fingerprint density at radius 3 is 2.62 bits per heavy atom. The molecule has 0 aromatic carbocycles. The van der Waals surface area contributed by atoms with Crippen molar-refractivity contribution in [3.8, 4) is 0 Å². The van der Waals surface area contributed by atoms with Crippen LogP contribution in [-0.2, 0) is 0 Å². The molecule has 1 aliphatic carbocycles. The molecule has 0 heterocycles. The summed E-state index contributed by atoms with van der Waals surface area (Å²) in [5.41, 5.74) is 1.35. The minimum Gasteiger partial charge on any atom is -0.122 e. The molecule has 0 nitrogen and oxygen atoms in total. The quantitative estimate of drug-likeness (QED) is 0.587. The molecule has 0 fully saturated rings. The summed E-state index contributed by atoms with van der Waals surface area (Å²) >= 11 is 5.77. The molecule has 1 heteroatoms. The molecule has 0 spiro atoms. The predicted octanol–water partition coefficient (Wildman–Crippen LogP) is 3.94. The van der Waals surface area contributed by atoms with Gasteiger partial charge in [0.1, 0.15) is 0 Å². The van der Waals surface area contributed by atoms with Gasteiger partial charge >= 0.3 is 0 Å². The van der Waals surface area contributed by atoms with Crippen molar-refractivity contribution in [3.63, 3.8) is 0 Å². The summed E-state index contributed by atoms with van der Waals surface area (Å²) in [4.78, 5) is 0. The summed E-state index contributed by atoms with van der Waals surface area (Å²) in [6.07, 6.45) is 10.8. The first-order valence-corrected chi connectivity index (χ1v) is 5.25. The van der Waals surface area contributed by atoms with Gasteiger partial charge in [-0.3, -0.25) is 0 Å². The lowest BCUT2D eigenvalue weighted by atomic mass is 9.79. The van der Waals surface area contributed by atoms with E-state index in [1.807, 2.05) is 0 Å². The van der Waals surface area contributed by atoms with Gasteiger partial charge in [-0.1, -0.05) is 51.2 Å². The number of halogens is 1. The number of rotatable bonds is 2. The maximum atomic E-state index is 5.77. The van der Waals surface area contributed by atoms with E-state index in [9.17, 15) is 0 Å². The van der Waals surface area contributed by atoms with Gasteiger partial charge in [0, 0.05) is 11.3 Å². The van der Waals surface area contributed by atoms with Crippen LogP contribution in [-0.4, -0.2) is 5.88 Å². The maximum Gasteiger partial charge on any atom is 0.0473 e. The number of hydrogen-bond acceptors (Lipinski definition) is 0. The zero-order valence-corrected chi connectivity index (χ0v) is 9.31. The van der Waals surface area contributed by atoms with Crippen LogP contribution in [0.3, 0.4) is 0 Å². The average Bonchev–Trinajstić information content (AvgIpc) is 2.28. The van der Waals surface area contributed by atoms with Gasteiger partial charge in [0.05, 0.1) is 0 Å². The van der Waals surface area contributed by atoms with E-state index >= 15 is 0 Å². The molecule has 1 rings (SSSR count). The molecule has 72 valence electrons.